The molecule has 0 spiro atoms. The minimum Gasteiger partial charge on any atom is -0.494 e. The quantitative estimate of drug-likeness (QED) is 0.812. The summed E-state index contributed by atoms with van der Waals surface area (Å²) in [6.45, 7) is 1.32. The first-order valence-corrected chi connectivity index (χ1v) is 6.01. The molecule has 92 valence electrons. The number of benzene rings is 1. The van der Waals surface area contributed by atoms with Gasteiger partial charge in [-0.15, -0.1) is 0 Å². The largest absolute Gasteiger partial charge is 0.494 e. The van der Waals surface area contributed by atoms with Crippen LogP contribution in [0.3, 0.4) is 0 Å². The zero-order valence-electron chi connectivity index (χ0n) is 9.83. The Labute approximate surface area is 99.9 Å². The predicted molar refractivity (Wildman–Crippen MR) is 61.5 cm³/mol. The normalized spacial score (nSPS) is 27.2. The van der Waals surface area contributed by atoms with Gasteiger partial charge < -0.3 is 14.8 Å². The lowest BCUT2D eigenvalue weighted by Crippen LogP contribution is -2.42. The number of methoxy groups -OCH3 is 1. The van der Waals surface area contributed by atoms with Crippen LogP contribution < -0.4 is 10.1 Å². The summed E-state index contributed by atoms with van der Waals surface area (Å²) in [6.07, 6.45) is 2.35. The smallest absolute Gasteiger partial charge is 0.170 e. The van der Waals surface area contributed by atoms with E-state index >= 15 is 0 Å². The van der Waals surface area contributed by atoms with Crippen molar-refractivity contribution in [2.75, 3.05) is 13.7 Å². The highest BCUT2D eigenvalue weighted by atomic mass is 19.1. The Morgan fingerprint density at radius 2 is 2.35 bits per heavy atom. The second kappa shape index (κ2) is 4.27. The Morgan fingerprint density at radius 3 is 3.18 bits per heavy atom. The minimum atomic E-state index is -0.282. The van der Waals surface area contributed by atoms with Crippen LogP contribution in [-0.4, -0.2) is 19.8 Å². The Hall–Kier alpha value is -1.13. The van der Waals surface area contributed by atoms with Crippen LogP contribution in [0.2, 0.25) is 0 Å². The third-order valence-corrected chi connectivity index (χ3v) is 3.64. The molecule has 2 aliphatic heterocycles. The van der Waals surface area contributed by atoms with Crippen LogP contribution in [0, 0.1) is 5.82 Å². The van der Waals surface area contributed by atoms with Gasteiger partial charge in [-0.3, -0.25) is 0 Å². The molecule has 2 heterocycles. The molecule has 1 fully saturated rings. The number of piperidine rings is 1. The maximum Gasteiger partial charge on any atom is 0.170 e. The molecule has 4 heteroatoms. The van der Waals surface area contributed by atoms with Gasteiger partial charge in [0.1, 0.15) is 0 Å². The van der Waals surface area contributed by atoms with Crippen molar-refractivity contribution < 1.29 is 13.9 Å². The molecule has 0 radical (unpaired) electrons. The number of halogens is 1. The van der Waals surface area contributed by atoms with Crippen molar-refractivity contribution in [2.24, 2.45) is 0 Å². The molecule has 0 bridgehead atoms. The summed E-state index contributed by atoms with van der Waals surface area (Å²) in [6, 6.07) is 3.79. The fraction of sp³-hybridized carbons (Fsp3) is 0.538. The molecule has 2 atom stereocenters. The molecule has 1 saturated heterocycles. The number of ether oxygens (including phenoxy) is 2. The Kier molecular flexibility index (Phi) is 2.76. The van der Waals surface area contributed by atoms with Crippen molar-refractivity contribution >= 4 is 0 Å². The van der Waals surface area contributed by atoms with E-state index in [1.807, 2.05) is 6.07 Å². The number of rotatable bonds is 1. The maximum atomic E-state index is 14.1. The molecule has 1 aromatic rings. The Balaban J connectivity index is 2.03. The van der Waals surface area contributed by atoms with E-state index in [4.69, 9.17) is 9.47 Å². The lowest BCUT2D eigenvalue weighted by Gasteiger charge is -2.38. The summed E-state index contributed by atoms with van der Waals surface area (Å²) >= 11 is 0. The van der Waals surface area contributed by atoms with E-state index in [1.165, 1.54) is 7.11 Å². The van der Waals surface area contributed by atoms with Gasteiger partial charge in [0, 0.05) is 5.56 Å². The zero-order valence-corrected chi connectivity index (χ0v) is 9.83. The first-order valence-electron chi connectivity index (χ1n) is 6.01. The number of hydrogen-bond acceptors (Lipinski definition) is 3. The first kappa shape index (κ1) is 11.0. The molecule has 2 aliphatic rings. The second-order valence-electron chi connectivity index (χ2n) is 4.57. The summed E-state index contributed by atoms with van der Waals surface area (Å²) in [5, 5.41) is 3.41. The summed E-state index contributed by atoms with van der Waals surface area (Å²) in [5.74, 6) is 0.0115. The van der Waals surface area contributed by atoms with Gasteiger partial charge in [-0.25, -0.2) is 4.39 Å². The van der Waals surface area contributed by atoms with E-state index in [9.17, 15) is 4.39 Å². The van der Waals surface area contributed by atoms with Gasteiger partial charge in [-0.05, 0) is 31.0 Å². The zero-order chi connectivity index (χ0) is 11.8. The molecule has 1 N–H and O–H groups in total. The molecule has 1 aromatic carbocycles. The Morgan fingerprint density at radius 1 is 1.47 bits per heavy atom. The van der Waals surface area contributed by atoms with Crippen LogP contribution in [-0.2, 0) is 11.3 Å². The third-order valence-electron chi connectivity index (χ3n) is 3.64. The topological polar surface area (TPSA) is 30.5 Å². The van der Waals surface area contributed by atoms with E-state index in [0.29, 0.717) is 17.9 Å². The van der Waals surface area contributed by atoms with Crippen LogP contribution >= 0.6 is 0 Å². The molecule has 3 rings (SSSR count). The molecule has 17 heavy (non-hydrogen) atoms. The molecule has 1 unspecified atom stereocenters. The predicted octanol–water partition coefficient (Wildman–Crippen LogP) is 2.16. The fourth-order valence-corrected chi connectivity index (χ4v) is 2.75. The molecule has 0 aliphatic carbocycles. The molecular weight excluding hydrogens is 221 g/mol. The molecule has 0 saturated carbocycles. The van der Waals surface area contributed by atoms with E-state index in [1.54, 1.807) is 6.07 Å². The summed E-state index contributed by atoms with van der Waals surface area (Å²) < 4.78 is 24.8. The average Bonchev–Trinajstić information content (AvgIpc) is 2.39. The Bertz CT molecular complexity index is 436. The van der Waals surface area contributed by atoms with Gasteiger partial charge in [0.25, 0.3) is 0 Å². The summed E-state index contributed by atoms with van der Waals surface area (Å²) in [4.78, 5) is 0. The van der Waals surface area contributed by atoms with Crippen molar-refractivity contribution in [1.29, 1.82) is 0 Å². The lowest BCUT2D eigenvalue weighted by molar-refractivity contribution is -0.0195. The van der Waals surface area contributed by atoms with E-state index in [-0.39, 0.29) is 18.0 Å². The van der Waals surface area contributed by atoms with Crippen LogP contribution in [0.15, 0.2) is 12.1 Å². The van der Waals surface area contributed by atoms with Gasteiger partial charge in [-0.1, -0.05) is 6.07 Å². The first-order chi connectivity index (χ1) is 8.31. The van der Waals surface area contributed by atoms with Crippen LogP contribution in [0.1, 0.15) is 30.0 Å². The summed E-state index contributed by atoms with van der Waals surface area (Å²) in [7, 11) is 1.48. The van der Waals surface area contributed by atoms with Crippen molar-refractivity contribution in [3.05, 3.63) is 29.1 Å². The van der Waals surface area contributed by atoms with E-state index < -0.39 is 0 Å². The van der Waals surface area contributed by atoms with Gasteiger partial charge >= 0.3 is 0 Å². The standard InChI is InChI=1S/C13H16FNO2/c1-16-10-5-4-8-9(12(10)14)7-17-11-3-2-6-15-13(8)11/h4-5,11,13,15H,2-3,6-7H2,1H3/t11?,13-/m0/s1. The highest BCUT2D eigenvalue weighted by molar-refractivity contribution is 5.40. The van der Waals surface area contributed by atoms with Gasteiger partial charge in [0.15, 0.2) is 11.6 Å². The maximum absolute atomic E-state index is 14.1. The van der Waals surface area contributed by atoms with Gasteiger partial charge in [0.05, 0.1) is 25.9 Å². The van der Waals surface area contributed by atoms with E-state index in [2.05, 4.69) is 5.32 Å². The van der Waals surface area contributed by atoms with Crippen LogP contribution in [0.4, 0.5) is 4.39 Å². The van der Waals surface area contributed by atoms with Gasteiger partial charge in [-0.2, -0.15) is 0 Å². The van der Waals surface area contributed by atoms with Crippen molar-refractivity contribution in [2.45, 2.75) is 31.6 Å². The third kappa shape index (κ3) is 1.72. The number of fused-ring (bicyclic) bond motifs is 3. The lowest BCUT2D eigenvalue weighted by atomic mass is 9.89. The number of hydrogen-bond donors (Lipinski definition) is 1. The fourth-order valence-electron chi connectivity index (χ4n) is 2.75. The molecule has 3 nitrogen and oxygen atoms in total. The van der Waals surface area contributed by atoms with Crippen molar-refractivity contribution in [1.82, 2.24) is 5.32 Å². The minimum absolute atomic E-state index is 0.132. The highest BCUT2D eigenvalue weighted by Crippen LogP contribution is 2.37. The van der Waals surface area contributed by atoms with Crippen molar-refractivity contribution in [3.63, 3.8) is 0 Å². The molecule has 0 aromatic heterocycles. The number of nitrogens with one attached hydrogen (secondary N) is 1. The SMILES string of the molecule is COc1ccc2c(c1F)COC1CCCN[C@@H]21. The monoisotopic (exact) mass is 237 g/mol. The molecule has 0 amide bonds. The average molecular weight is 237 g/mol. The highest BCUT2D eigenvalue weighted by Gasteiger charge is 2.34. The van der Waals surface area contributed by atoms with Gasteiger partial charge in [0.2, 0.25) is 0 Å². The second-order valence-corrected chi connectivity index (χ2v) is 4.57. The van der Waals surface area contributed by atoms with Crippen molar-refractivity contribution in [3.8, 4) is 5.75 Å². The van der Waals surface area contributed by atoms with E-state index in [0.717, 1.165) is 24.9 Å². The molecular formula is C13H16FNO2. The summed E-state index contributed by atoms with van der Waals surface area (Å²) in [5.41, 5.74) is 1.67. The van der Waals surface area contributed by atoms with Crippen LogP contribution in [0.25, 0.3) is 0 Å². The van der Waals surface area contributed by atoms with Crippen LogP contribution in [0.5, 0.6) is 5.75 Å².